The van der Waals surface area contributed by atoms with Gasteiger partial charge in [0, 0.05) is 11.9 Å². The number of aromatic nitrogens is 1. The third kappa shape index (κ3) is 5.89. The fourth-order valence-corrected chi connectivity index (χ4v) is 5.43. The van der Waals surface area contributed by atoms with Crippen molar-refractivity contribution in [3.05, 3.63) is 94.7 Å². The van der Waals surface area contributed by atoms with Gasteiger partial charge in [0.25, 0.3) is 15.9 Å². The number of nitrogens with one attached hydrogen (secondary N) is 1. The Hall–Kier alpha value is -3.22. The number of amides is 1. The maximum atomic E-state index is 12.8. The summed E-state index contributed by atoms with van der Waals surface area (Å²) >= 11 is 6.32. The molecule has 0 bridgehead atoms. The molecule has 0 radical (unpaired) electrons. The molecule has 0 unspecified atom stereocenters. The molecule has 0 aliphatic carbocycles. The molecule has 1 fully saturated rings. The number of halogens is 3. The molecule has 0 spiro atoms. The number of hydrogen-bond donors (Lipinski definition) is 1. The van der Waals surface area contributed by atoms with E-state index in [1.807, 2.05) is 0 Å². The van der Waals surface area contributed by atoms with Crippen LogP contribution in [0.4, 0.5) is 18.9 Å². The van der Waals surface area contributed by atoms with Crippen LogP contribution in [0.25, 0.3) is 6.08 Å². The van der Waals surface area contributed by atoms with Gasteiger partial charge in [-0.3, -0.25) is 19.4 Å². The maximum Gasteiger partial charge on any atom is 0.433 e. The summed E-state index contributed by atoms with van der Waals surface area (Å²) in [5, 5.41) is 0. The summed E-state index contributed by atoms with van der Waals surface area (Å²) in [6.07, 6.45) is -1.91. The van der Waals surface area contributed by atoms with Crippen molar-refractivity contribution in [1.29, 1.82) is 0 Å². The number of anilines is 1. The summed E-state index contributed by atoms with van der Waals surface area (Å²) in [5.74, 6) is -0.401. The van der Waals surface area contributed by atoms with Crippen molar-refractivity contribution in [2.75, 3.05) is 4.72 Å². The van der Waals surface area contributed by atoms with Crippen LogP contribution < -0.4 is 4.72 Å². The number of thiocarbonyl (C=S) groups is 1. The quantitative estimate of drug-likeness (QED) is 0.341. The zero-order chi connectivity index (χ0) is 25.2. The number of nitrogens with zero attached hydrogens (tertiary/aromatic N) is 2. The molecule has 0 atom stereocenters. The first-order chi connectivity index (χ1) is 16.5. The van der Waals surface area contributed by atoms with Gasteiger partial charge in [-0.2, -0.15) is 13.2 Å². The minimum Gasteiger partial charge on any atom is -0.288 e. The number of alkyl halides is 3. The molecule has 1 N–H and O–H groups in total. The number of carbonyl (C=O) groups excluding carboxylic acids is 1. The number of hydrogen-bond acceptors (Lipinski definition) is 6. The van der Waals surface area contributed by atoms with Crippen LogP contribution in [0.15, 0.2) is 82.7 Å². The van der Waals surface area contributed by atoms with Gasteiger partial charge in [-0.15, -0.1) is 0 Å². The molecule has 12 heteroatoms. The monoisotopic (exact) mass is 535 g/mol. The maximum absolute atomic E-state index is 12.8. The SMILES string of the molecule is O=C1/C(=C/c2ccc(S(=O)(=O)Nc3ccccc3)cc2)SC(=S)N1Cc1ccc(C(F)(F)F)nc1. The smallest absolute Gasteiger partial charge is 0.288 e. The van der Waals surface area contributed by atoms with Crippen LogP contribution in [0.3, 0.4) is 0 Å². The van der Waals surface area contributed by atoms with Gasteiger partial charge in [-0.25, -0.2) is 8.42 Å². The predicted octanol–water partition coefficient (Wildman–Crippen LogP) is 5.30. The summed E-state index contributed by atoms with van der Waals surface area (Å²) in [6.45, 7) is -0.0184. The third-order valence-corrected chi connectivity index (χ3v) is 7.62. The van der Waals surface area contributed by atoms with E-state index < -0.39 is 27.8 Å². The topological polar surface area (TPSA) is 79.4 Å². The largest absolute Gasteiger partial charge is 0.433 e. The van der Waals surface area contributed by atoms with E-state index in [-0.39, 0.29) is 15.8 Å². The van der Waals surface area contributed by atoms with E-state index >= 15 is 0 Å². The van der Waals surface area contributed by atoms with Crippen LogP contribution >= 0.6 is 24.0 Å². The average molecular weight is 536 g/mol. The van der Waals surface area contributed by atoms with E-state index in [2.05, 4.69) is 9.71 Å². The first-order valence-electron chi connectivity index (χ1n) is 9.98. The zero-order valence-electron chi connectivity index (χ0n) is 17.7. The first-order valence-corrected chi connectivity index (χ1v) is 12.7. The van der Waals surface area contributed by atoms with E-state index in [4.69, 9.17) is 12.2 Å². The number of carbonyl (C=O) groups is 1. The van der Waals surface area contributed by atoms with Gasteiger partial charge in [0.2, 0.25) is 0 Å². The van der Waals surface area contributed by atoms with E-state index in [1.165, 1.54) is 23.1 Å². The Morgan fingerprint density at radius 1 is 1.03 bits per heavy atom. The van der Waals surface area contributed by atoms with Crippen LogP contribution in [0.2, 0.25) is 0 Å². The highest BCUT2D eigenvalue weighted by molar-refractivity contribution is 8.26. The van der Waals surface area contributed by atoms with Gasteiger partial charge in [-0.05, 0) is 47.5 Å². The third-order valence-electron chi connectivity index (χ3n) is 4.84. The molecule has 6 nitrogen and oxygen atoms in total. The second-order valence-corrected chi connectivity index (χ2v) is 10.7. The van der Waals surface area contributed by atoms with Crippen molar-refractivity contribution in [2.24, 2.45) is 0 Å². The van der Waals surface area contributed by atoms with Gasteiger partial charge in [0.15, 0.2) is 0 Å². The highest BCUT2D eigenvalue weighted by atomic mass is 32.2. The summed E-state index contributed by atoms with van der Waals surface area (Å²) in [5.41, 5.74) is 0.399. The Kier molecular flexibility index (Phi) is 6.97. The van der Waals surface area contributed by atoms with E-state index in [9.17, 15) is 26.4 Å². The fraction of sp³-hybridized carbons (Fsp3) is 0.0870. The van der Waals surface area contributed by atoms with E-state index in [1.54, 1.807) is 48.5 Å². The normalized spacial score (nSPS) is 15.6. The molecule has 35 heavy (non-hydrogen) atoms. The second kappa shape index (κ2) is 9.80. The number of para-hydroxylation sites is 1. The molecule has 4 rings (SSSR count). The minimum atomic E-state index is -4.55. The molecular weight excluding hydrogens is 519 g/mol. The van der Waals surface area contributed by atoms with Crippen molar-refractivity contribution < 1.29 is 26.4 Å². The summed E-state index contributed by atoms with van der Waals surface area (Å²) in [6, 6.07) is 16.5. The Morgan fingerprint density at radius 3 is 2.31 bits per heavy atom. The fourth-order valence-electron chi connectivity index (χ4n) is 3.12. The van der Waals surface area contributed by atoms with Crippen molar-refractivity contribution in [3.63, 3.8) is 0 Å². The Labute approximate surface area is 208 Å². The molecule has 1 aromatic heterocycles. The average Bonchev–Trinajstić information content (AvgIpc) is 3.07. The predicted molar refractivity (Wildman–Crippen MR) is 132 cm³/mol. The van der Waals surface area contributed by atoms with Crippen molar-refractivity contribution in [3.8, 4) is 0 Å². The van der Waals surface area contributed by atoms with Crippen molar-refractivity contribution in [2.45, 2.75) is 17.6 Å². The van der Waals surface area contributed by atoms with Crippen LogP contribution in [-0.2, 0) is 27.5 Å². The Morgan fingerprint density at radius 2 is 1.71 bits per heavy atom. The highest BCUT2D eigenvalue weighted by Crippen LogP contribution is 2.34. The van der Waals surface area contributed by atoms with Crippen LogP contribution in [0.1, 0.15) is 16.8 Å². The second-order valence-electron chi connectivity index (χ2n) is 7.36. The zero-order valence-corrected chi connectivity index (χ0v) is 20.1. The van der Waals surface area contributed by atoms with E-state index in [0.717, 1.165) is 24.0 Å². The molecule has 2 heterocycles. The van der Waals surface area contributed by atoms with Crippen molar-refractivity contribution >= 4 is 56.0 Å². The number of thioether (sulfide) groups is 1. The molecule has 1 saturated heterocycles. The van der Waals surface area contributed by atoms with Gasteiger partial charge in [-0.1, -0.05) is 60.4 Å². The minimum absolute atomic E-state index is 0.0184. The Balaban J connectivity index is 1.46. The number of pyridine rings is 1. The summed E-state index contributed by atoms with van der Waals surface area (Å²) in [7, 11) is -3.78. The van der Waals surface area contributed by atoms with Gasteiger partial charge in [0.05, 0.1) is 16.3 Å². The van der Waals surface area contributed by atoms with Crippen LogP contribution in [0.5, 0.6) is 0 Å². The van der Waals surface area contributed by atoms with Crippen LogP contribution in [-0.4, -0.2) is 28.5 Å². The Bertz CT molecular complexity index is 1390. The molecule has 1 aliphatic heterocycles. The number of benzene rings is 2. The number of sulfonamides is 1. The lowest BCUT2D eigenvalue weighted by atomic mass is 10.2. The van der Waals surface area contributed by atoms with Gasteiger partial charge < -0.3 is 0 Å². The molecule has 1 amide bonds. The highest BCUT2D eigenvalue weighted by Gasteiger charge is 2.34. The van der Waals surface area contributed by atoms with Crippen molar-refractivity contribution in [1.82, 2.24) is 9.88 Å². The number of rotatable bonds is 6. The molecule has 2 aromatic carbocycles. The first kappa shape index (κ1) is 24.9. The van der Waals surface area contributed by atoms with E-state index in [0.29, 0.717) is 21.7 Å². The molecule has 1 aliphatic rings. The summed E-state index contributed by atoms with van der Waals surface area (Å²) in [4.78, 5) is 17.9. The van der Waals surface area contributed by atoms with Crippen LogP contribution in [0, 0.1) is 0 Å². The molecule has 3 aromatic rings. The van der Waals surface area contributed by atoms with Gasteiger partial charge >= 0.3 is 6.18 Å². The van der Waals surface area contributed by atoms with Gasteiger partial charge in [0.1, 0.15) is 10.0 Å². The molecular formula is C23H16F3N3O3S3. The summed E-state index contributed by atoms with van der Waals surface area (Å²) < 4.78 is 66.0. The standard InChI is InChI=1S/C23H16F3N3O3S3/c24-23(25,26)20-11-8-16(13-27-20)14-29-21(30)19(34-22(29)33)12-15-6-9-18(10-7-15)35(31,32)28-17-4-2-1-3-5-17/h1-13,28H,14H2/b19-12-. The lowest BCUT2D eigenvalue weighted by Gasteiger charge is -2.14. The lowest BCUT2D eigenvalue weighted by Crippen LogP contribution is -2.27. The lowest BCUT2D eigenvalue weighted by molar-refractivity contribution is -0.141. The molecule has 0 saturated carbocycles. The molecule has 180 valence electrons.